The molecule has 2 N–H and O–H groups in total. The number of nitro groups is 2. The zero-order valence-electron chi connectivity index (χ0n) is 24.4. The van der Waals surface area contributed by atoms with Crippen molar-refractivity contribution in [3.8, 4) is 0 Å². The van der Waals surface area contributed by atoms with Gasteiger partial charge in [-0.05, 0) is 70.9 Å². The Kier molecular flexibility index (Phi) is 8.10. The summed E-state index contributed by atoms with van der Waals surface area (Å²) in [5.74, 6) is -4.21. The molecule has 1 aliphatic heterocycles. The third-order valence-electron chi connectivity index (χ3n) is 8.38. The SMILES string of the molecule is O=C1/C(=C/c2ccc([N+](=O)[O-])cc2)C(c2ccccc2)C2(C(=O)NC(=S)NC2=O)C(c2ccccc2)/C1=C\c1ccc([N+](=O)[O-])cc1. The summed E-state index contributed by atoms with van der Waals surface area (Å²) in [6.45, 7) is 0. The molecule has 1 spiro atoms. The van der Waals surface area contributed by atoms with Crippen molar-refractivity contribution in [2.75, 3.05) is 0 Å². The van der Waals surface area contributed by atoms with E-state index < -0.39 is 44.7 Å². The van der Waals surface area contributed by atoms with Gasteiger partial charge in [0.25, 0.3) is 11.4 Å². The van der Waals surface area contributed by atoms with Gasteiger partial charge in [-0.1, -0.05) is 60.7 Å². The van der Waals surface area contributed by atoms with Gasteiger partial charge in [-0.2, -0.15) is 0 Å². The third kappa shape index (κ3) is 5.51. The Bertz CT molecular complexity index is 1870. The molecule has 2 aliphatic rings. The van der Waals surface area contributed by atoms with Crippen molar-refractivity contribution in [3.05, 3.63) is 163 Å². The number of non-ortho nitro benzene ring substituents is 2. The number of nitro benzene ring substituents is 2. The van der Waals surface area contributed by atoms with Gasteiger partial charge in [0.2, 0.25) is 11.8 Å². The Balaban J connectivity index is 1.70. The van der Waals surface area contributed by atoms with Gasteiger partial charge in [-0.15, -0.1) is 0 Å². The number of hydrogen-bond acceptors (Lipinski definition) is 8. The lowest BCUT2D eigenvalue weighted by molar-refractivity contribution is -0.385. The van der Waals surface area contributed by atoms with Gasteiger partial charge in [-0.3, -0.25) is 34.6 Å². The van der Waals surface area contributed by atoms with Gasteiger partial charge in [0.05, 0.1) is 9.85 Å². The fourth-order valence-electron chi connectivity index (χ4n) is 6.38. The quantitative estimate of drug-likeness (QED) is 0.0897. The first-order valence-electron chi connectivity index (χ1n) is 14.3. The zero-order valence-corrected chi connectivity index (χ0v) is 25.2. The first-order valence-corrected chi connectivity index (χ1v) is 14.8. The molecule has 1 saturated heterocycles. The molecule has 0 aromatic heterocycles. The summed E-state index contributed by atoms with van der Waals surface area (Å²) in [4.78, 5) is 65.5. The molecule has 6 rings (SSSR count). The van der Waals surface area contributed by atoms with Crippen LogP contribution in [0.1, 0.15) is 34.1 Å². The van der Waals surface area contributed by atoms with E-state index in [1.165, 1.54) is 60.7 Å². The molecule has 12 heteroatoms. The van der Waals surface area contributed by atoms with Crippen molar-refractivity contribution >= 4 is 58.5 Å². The average Bonchev–Trinajstić information content (AvgIpc) is 3.06. The van der Waals surface area contributed by atoms with E-state index >= 15 is 0 Å². The van der Waals surface area contributed by atoms with Crippen LogP contribution in [0.4, 0.5) is 11.4 Å². The average molecular weight is 645 g/mol. The molecule has 2 unspecified atom stereocenters. The number of hydrogen-bond donors (Lipinski definition) is 2. The molecular formula is C35H24N4O7S. The molecule has 0 bridgehead atoms. The Morgan fingerprint density at radius 1 is 0.596 bits per heavy atom. The number of thiocarbonyl (C=S) groups is 1. The van der Waals surface area contributed by atoms with E-state index in [1.807, 2.05) is 0 Å². The number of nitrogens with one attached hydrogen (secondary N) is 2. The number of Topliss-reactive ketones (excluding diaryl/α,β-unsaturated/α-hetero) is 1. The predicted octanol–water partition coefficient (Wildman–Crippen LogP) is 5.64. The van der Waals surface area contributed by atoms with Crippen LogP contribution in [-0.4, -0.2) is 32.6 Å². The maximum absolute atomic E-state index is 14.9. The summed E-state index contributed by atoms with van der Waals surface area (Å²) < 4.78 is 0. The lowest BCUT2D eigenvalue weighted by Crippen LogP contribution is -2.68. The highest BCUT2D eigenvalue weighted by Gasteiger charge is 2.66. The molecule has 4 aromatic rings. The lowest BCUT2D eigenvalue weighted by Gasteiger charge is -2.50. The van der Waals surface area contributed by atoms with Gasteiger partial charge in [-0.25, -0.2) is 0 Å². The van der Waals surface area contributed by atoms with Crippen LogP contribution in [0, 0.1) is 25.6 Å². The predicted molar refractivity (Wildman–Crippen MR) is 177 cm³/mol. The van der Waals surface area contributed by atoms with E-state index in [1.54, 1.807) is 60.7 Å². The number of amides is 2. The van der Waals surface area contributed by atoms with Gasteiger partial charge < -0.3 is 10.6 Å². The van der Waals surface area contributed by atoms with Crippen molar-refractivity contribution in [2.45, 2.75) is 11.8 Å². The summed E-state index contributed by atoms with van der Waals surface area (Å²) in [5, 5.41) is 27.8. The van der Waals surface area contributed by atoms with Crippen LogP contribution in [0.15, 0.2) is 120 Å². The molecule has 1 saturated carbocycles. The molecule has 1 aliphatic carbocycles. The number of benzene rings is 4. The van der Waals surface area contributed by atoms with E-state index in [0.717, 1.165) is 0 Å². The second kappa shape index (κ2) is 12.3. The number of carbonyl (C=O) groups is 3. The number of ketones is 1. The number of allylic oxidation sites excluding steroid dienone is 2. The van der Waals surface area contributed by atoms with E-state index in [4.69, 9.17) is 12.2 Å². The molecule has 4 aromatic carbocycles. The van der Waals surface area contributed by atoms with Crippen molar-refractivity contribution in [1.82, 2.24) is 10.6 Å². The Hall–Kier alpha value is -6.14. The topological polar surface area (TPSA) is 162 Å². The molecular weight excluding hydrogens is 620 g/mol. The fourth-order valence-corrected chi connectivity index (χ4v) is 6.56. The molecule has 232 valence electrons. The summed E-state index contributed by atoms with van der Waals surface area (Å²) in [6, 6.07) is 28.5. The minimum atomic E-state index is -2.00. The monoisotopic (exact) mass is 644 g/mol. The van der Waals surface area contributed by atoms with Crippen molar-refractivity contribution in [3.63, 3.8) is 0 Å². The van der Waals surface area contributed by atoms with E-state index in [9.17, 15) is 34.6 Å². The van der Waals surface area contributed by atoms with Crippen LogP contribution in [0.2, 0.25) is 0 Å². The summed E-state index contributed by atoms with van der Waals surface area (Å²) in [5.41, 5.74) is -0.277. The van der Waals surface area contributed by atoms with Crippen LogP contribution in [-0.2, 0) is 14.4 Å². The van der Waals surface area contributed by atoms with Crippen LogP contribution < -0.4 is 10.6 Å². The normalized spacial score (nSPS) is 20.6. The number of rotatable bonds is 6. The minimum absolute atomic E-state index is 0.0866. The van der Waals surface area contributed by atoms with Crippen LogP contribution in [0.5, 0.6) is 0 Å². The van der Waals surface area contributed by atoms with E-state index in [-0.39, 0.29) is 27.6 Å². The molecule has 11 nitrogen and oxygen atoms in total. The van der Waals surface area contributed by atoms with E-state index in [0.29, 0.717) is 22.3 Å². The summed E-state index contributed by atoms with van der Waals surface area (Å²) in [6.07, 6.45) is 3.06. The smallest absolute Gasteiger partial charge is 0.269 e. The van der Waals surface area contributed by atoms with E-state index in [2.05, 4.69) is 10.6 Å². The second-order valence-electron chi connectivity index (χ2n) is 11.0. The Labute approximate surface area is 272 Å². The minimum Gasteiger partial charge on any atom is -0.302 e. The van der Waals surface area contributed by atoms with Crippen molar-refractivity contribution < 1.29 is 24.2 Å². The molecule has 47 heavy (non-hydrogen) atoms. The van der Waals surface area contributed by atoms with Crippen LogP contribution >= 0.6 is 12.2 Å². The standard InChI is InChI=1S/C35H24N4O7S/c40-31-27(19-21-11-15-25(16-12-21)38(43)44)29(23-7-3-1-4-8-23)35(32(41)36-34(47)37-33(35)42)30(24-9-5-2-6-10-24)28(31)20-22-13-17-26(18-14-22)39(45)46/h1-20,29-30H,(H2,36,37,41,42,47)/b27-19+,28-20+. The maximum atomic E-state index is 14.9. The highest BCUT2D eigenvalue weighted by molar-refractivity contribution is 7.80. The van der Waals surface area contributed by atoms with Crippen LogP contribution in [0.3, 0.4) is 0 Å². The Morgan fingerprint density at radius 3 is 1.30 bits per heavy atom. The first-order chi connectivity index (χ1) is 22.6. The van der Waals surface area contributed by atoms with Gasteiger partial charge in [0, 0.05) is 47.2 Å². The van der Waals surface area contributed by atoms with Gasteiger partial charge in [0.15, 0.2) is 16.3 Å². The molecule has 1 heterocycles. The maximum Gasteiger partial charge on any atom is 0.269 e. The van der Waals surface area contributed by atoms with Gasteiger partial charge >= 0.3 is 0 Å². The number of nitrogens with zero attached hydrogens (tertiary/aromatic N) is 2. The third-order valence-corrected chi connectivity index (χ3v) is 8.58. The van der Waals surface area contributed by atoms with Crippen molar-refractivity contribution in [1.29, 1.82) is 0 Å². The molecule has 2 amide bonds. The molecule has 2 atom stereocenters. The highest BCUT2D eigenvalue weighted by Crippen LogP contribution is 2.59. The molecule has 0 radical (unpaired) electrons. The fraction of sp³-hybridized carbons (Fsp3) is 0.0857. The zero-order chi connectivity index (χ0) is 33.3. The Morgan fingerprint density at radius 2 is 0.957 bits per heavy atom. The molecule has 2 fully saturated rings. The largest absolute Gasteiger partial charge is 0.302 e. The van der Waals surface area contributed by atoms with Crippen molar-refractivity contribution in [2.24, 2.45) is 5.41 Å². The lowest BCUT2D eigenvalue weighted by atomic mass is 9.51. The van der Waals surface area contributed by atoms with Gasteiger partial charge in [0.1, 0.15) is 0 Å². The summed E-state index contributed by atoms with van der Waals surface area (Å²) in [7, 11) is 0. The highest BCUT2D eigenvalue weighted by atomic mass is 32.1. The first kappa shape index (κ1) is 30.9. The summed E-state index contributed by atoms with van der Waals surface area (Å²) >= 11 is 5.21. The number of carbonyl (C=O) groups excluding carboxylic acids is 3. The second-order valence-corrected chi connectivity index (χ2v) is 11.4. The van der Waals surface area contributed by atoms with Crippen LogP contribution in [0.25, 0.3) is 12.2 Å².